The smallest absolute Gasteiger partial charge is 0.229 e. The summed E-state index contributed by atoms with van der Waals surface area (Å²) in [5, 5.41) is 2.92. The van der Waals surface area contributed by atoms with E-state index in [-0.39, 0.29) is 5.91 Å². The number of nitrogens with one attached hydrogen (secondary N) is 1. The van der Waals surface area contributed by atoms with Crippen LogP contribution in [0.1, 0.15) is 22.9 Å². The second-order valence-electron chi connectivity index (χ2n) is 4.19. The molecule has 0 radical (unpaired) electrons. The predicted molar refractivity (Wildman–Crippen MR) is 75.0 cm³/mol. The molecule has 0 bridgehead atoms. The van der Waals surface area contributed by atoms with Gasteiger partial charge in [0.05, 0.1) is 11.9 Å². The average Bonchev–Trinajstić information content (AvgIpc) is 2.84. The Morgan fingerprint density at radius 2 is 2.28 bits per heavy atom. The number of hydrogen-bond acceptors (Lipinski definition) is 3. The van der Waals surface area contributed by atoms with E-state index in [2.05, 4.69) is 24.1 Å². The molecule has 1 aromatic carbocycles. The second-order valence-corrected chi connectivity index (χ2v) is 5.16. The Hall–Kier alpha value is -1.68. The van der Waals surface area contributed by atoms with E-state index in [0.29, 0.717) is 6.42 Å². The van der Waals surface area contributed by atoms with E-state index in [1.165, 1.54) is 22.5 Å². The first-order valence-corrected chi connectivity index (χ1v) is 6.83. The average molecular weight is 260 g/mol. The fourth-order valence-electron chi connectivity index (χ4n) is 1.82. The summed E-state index contributed by atoms with van der Waals surface area (Å²) in [5.41, 5.74) is 5.14. The molecule has 2 aromatic rings. The van der Waals surface area contributed by atoms with Crippen molar-refractivity contribution in [1.29, 1.82) is 0 Å². The minimum absolute atomic E-state index is 0.00477. The Morgan fingerprint density at radius 1 is 1.44 bits per heavy atom. The fraction of sp³-hybridized carbons (Fsp3) is 0.286. The van der Waals surface area contributed by atoms with Crippen LogP contribution >= 0.6 is 11.3 Å². The largest absolute Gasteiger partial charge is 0.326 e. The summed E-state index contributed by atoms with van der Waals surface area (Å²) in [6.07, 6.45) is 3.10. The van der Waals surface area contributed by atoms with Crippen LogP contribution in [0.4, 0.5) is 5.69 Å². The lowest BCUT2D eigenvalue weighted by Crippen LogP contribution is -2.13. The molecule has 0 atom stereocenters. The standard InChI is InChI=1S/C14H16N2OS/c1-3-11-6-12(5-4-10(11)2)16-14(17)7-13-8-15-9-18-13/h4-6,8-9H,3,7H2,1-2H3,(H,16,17). The molecule has 2 rings (SSSR count). The van der Waals surface area contributed by atoms with Crippen LogP contribution in [0, 0.1) is 6.92 Å². The summed E-state index contributed by atoms with van der Waals surface area (Å²) in [6.45, 7) is 4.20. The van der Waals surface area contributed by atoms with Gasteiger partial charge in [-0.25, -0.2) is 0 Å². The normalized spacial score (nSPS) is 10.3. The Bertz CT molecular complexity index is 535. The van der Waals surface area contributed by atoms with Crippen LogP contribution in [-0.2, 0) is 17.6 Å². The monoisotopic (exact) mass is 260 g/mol. The summed E-state index contributed by atoms with van der Waals surface area (Å²) in [4.78, 5) is 16.8. The minimum Gasteiger partial charge on any atom is -0.326 e. The summed E-state index contributed by atoms with van der Waals surface area (Å²) in [5.74, 6) is 0.00477. The van der Waals surface area contributed by atoms with Crippen molar-refractivity contribution < 1.29 is 4.79 Å². The quantitative estimate of drug-likeness (QED) is 0.917. The number of aryl methyl sites for hydroxylation is 2. The summed E-state index contributed by atoms with van der Waals surface area (Å²) in [6, 6.07) is 6.03. The van der Waals surface area contributed by atoms with Gasteiger partial charge in [-0.3, -0.25) is 9.78 Å². The van der Waals surface area contributed by atoms with Gasteiger partial charge in [-0.05, 0) is 36.6 Å². The van der Waals surface area contributed by atoms with Gasteiger partial charge in [0.2, 0.25) is 5.91 Å². The maximum atomic E-state index is 11.8. The fourth-order valence-corrected chi connectivity index (χ4v) is 2.42. The number of amides is 1. The summed E-state index contributed by atoms with van der Waals surface area (Å²) >= 11 is 1.50. The van der Waals surface area contributed by atoms with Crippen molar-refractivity contribution >= 4 is 22.9 Å². The van der Waals surface area contributed by atoms with Crippen LogP contribution < -0.4 is 5.32 Å². The molecule has 3 nitrogen and oxygen atoms in total. The molecule has 18 heavy (non-hydrogen) atoms. The predicted octanol–water partition coefficient (Wildman–Crippen LogP) is 3.20. The van der Waals surface area contributed by atoms with E-state index >= 15 is 0 Å². The molecule has 1 N–H and O–H groups in total. The van der Waals surface area contributed by atoms with Crippen LogP contribution in [0.25, 0.3) is 0 Å². The van der Waals surface area contributed by atoms with Crippen molar-refractivity contribution in [3.63, 3.8) is 0 Å². The van der Waals surface area contributed by atoms with Crippen LogP contribution in [0.15, 0.2) is 29.9 Å². The van der Waals surface area contributed by atoms with Crippen molar-refractivity contribution in [3.05, 3.63) is 45.9 Å². The van der Waals surface area contributed by atoms with Gasteiger partial charge in [-0.2, -0.15) is 0 Å². The first kappa shape index (κ1) is 12.8. The molecule has 1 aromatic heterocycles. The molecule has 0 aliphatic heterocycles. The first-order valence-electron chi connectivity index (χ1n) is 5.95. The molecule has 1 amide bonds. The van der Waals surface area contributed by atoms with Crippen molar-refractivity contribution in [2.45, 2.75) is 26.7 Å². The lowest BCUT2D eigenvalue weighted by atomic mass is 10.1. The molecule has 0 unspecified atom stereocenters. The summed E-state index contributed by atoms with van der Waals surface area (Å²) in [7, 11) is 0. The van der Waals surface area contributed by atoms with Gasteiger partial charge in [0.15, 0.2) is 0 Å². The zero-order valence-electron chi connectivity index (χ0n) is 10.6. The Balaban J connectivity index is 2.03. The third-order valence-electron chi connectivity index (χ3n) is 2.83. The number of rotatable bonds is 4. The zero-order valence-corrected chi connectivity index (χ0v) is 11.4. The third kappa shape index (κ3) is 3.17. The van der Waals surface area contributed by atoms with E-state index in [9.17, 15) is 4.79 Å². The number of hydrogen-bond donors (Lipinski definition) is 1. The third-order valence-corrected chi connectivity index (χ3v) is 3.61. The Morgan fingerprint density at radius 3 is 2.94 bits per heavy atom. The molecular formula is C14H16N2OS. The number of carbonyl (C=O) groups excluding carboxylic acids is 1. The molecule has 0 aliphatic rings. The molecule has 0 saturated heterocycles. The maximum absolute atomic E-state index is 11.8. The van der Waals surface area contributed by atoms with E-state index in [1.807, 2.05) is 18.2 Å². The molecule has 1 heterocycles. The van der Waals surface area contributed by atoms with Crippen molar-refractivity contribution in [2.75, 3.05) is 5.32 Å². The minimum atomic E-state index is 0.00477. The number of nitrogens with zero attached hydrogens (tertiary/aromatic N) is 1. The van der Waals surface area contributed by atoms with Gasteiger partial charge in [-0.15, -0.1) is 11.3 Å². The van der Waals surface area contributed by atoms with Gasteiger partial charge in [0.25, 0.3) is 0 Å². The van der Waals surface area contributed by atoms with Gasteiger partial charge in [0, 0.05) is 16.8 Å². The molecule has 0 saturated carbocycles. The van der Waals surface area contributed by atoms with E-state index in [0.717, 1.165) is 17.0 Å². The van der Waals surface area contributed by atoms with Gasteiger partial charge in [0.1, 0.15) is 0 Å². The number of thiazole rings is 1. The molecule has 0 fully saturated rings. The summed E-state index contributed by atoms with van der Waals surface area (Å²) < 4.78 is 0. The zero-order chi connectivity index (χ0) is 13.0. The number of benzene rings is 1. The highest BCUT2D eigenvalue weighted by Gasteiger charge is 2.06. The Kier molecular flexibility index (Phi) is 4.10. The van der Waals surface area contributed by atoms with E-state index in [1.54, 1.807) is 11.7 Å². The highest BCUT2D eigenvalue weighted by atomic mass is 32.1. The maximum Gasteiger partial charge on any atom is 0.229 e. The van der Waals surface area contributed by atoms with Crippen LogP contribution in [0.2, 0.25) is 0 Å². The molecule has 0 spiro atoms. The van der Waals surface area contributed by atoms with Crippen LogP contribution in [-0.4, -0.2) is 10.9 Å². The first-order chi connectivity index (χ1) is 8.69. The highest BCUT2D eigenvalue weighted by molar-refractivity contribution is 7.09. The van der Waals surface area contributed by atoms with Gasteiger partial charge >= 0.3 is 0 Å². The molecular weight excluding hydrogens is 244 g/mol. The molecule has 94 valence electrons. The lowest BCUT2D eigenvalue weighted by Gasteiger charge is -2.08. The SMILES string of the molecule is CCc1cc(NC(=O)Cc2cncs2)ccc1C. The van der Waals surface area contributed by atoms with Gasteiger partial charge in [-0.1, -0.05) is 13.0 Å². The van der Waals surface area contributed by atoms with Gasteiger partial charge < -0.3 is 5.32 Å². The lowest BCUT2D eigenvalue weighted by molar-refractivity contribution is -0.115. The number of aromatic nitrogens is 1. The number of anilines is 1. The second kappa shape index (κ2) is 5.78. The molecule has 0 aliphatic carbocycles. The van der Waals surface area contributed by atoms with Crippen molar-refractivity contribution in [2.24, 2.45) is 0 Å². The van der Waals surface area contributed by atoms with E-state index in [4.69, 9.17) is 0 Å². The van der Waals surface area contributed by atoms with E-state index < -0.39 is 0 Å². The van der Waals surface area contributed by atoms with Crippen molar-refractivity contribution in [3.8, 4) is 0 Å². The van der Waals surface area contributed by atoms with Crippen LogP contribution in [0.5, 0.6) is 0 Å². The highest BCUT2D eigenvalue weighted by Crippen LogP contribution is 2.16. The number of carbonyl (C=O) groups is 1. The van der Waals surface area contributed by atoms with Crippen LogP contribution in [0.3, 0.4) is 0 Å². The van der Waals surface area contributed by atoms with Crippen molar-refractivity contribution in [1.82, 2.24) is 4.98 Å². The molecule has 4 heteroatoms. The topological polar surface area (TPSA) is 42.0 Å². The Labute approximate surface area is 111 Å².